The SMILES string of the molecule is COCCOCCCNCC(Cl)CC(C)(C)C. The van der Waals surface area contributed by atoms with Crippen LogP contribution in [0.2, 0.25) is 0 Å². The van der Waals surface area contributed by atoms with Crippen LogP contribution in [0.1, 0.15) is 33.6 Å². The van der Waals surface area contributed by atoms with Crippen molar-refractivity contribution < 1.29 is 9.47 Å². The molecule has 0 saturated carbocycles. The number of nitrogens with one attached hydrogen (secondary N) is 1. The maximum Gasteiger partial charge on any atom is 0.0700 e. The van der Waals surface area contributed by atoms with Crippen molar-refractivity contribution in [2.45, 2.75) is 39.0 Å². The molecule has 3 nitrogen and oxygen atoms in total. The molecule has 0 fully saturated rings. The standard InChI is InChI=1S/C13H28ClNO2/c1-13(2,3)10-12(14)11-15-6-5-7-17-9-8-16-4/h12,15H,5-11H2,1-4H3. The van der Waals surface area contributed by atoms with Crippen molar-refractivity contribution in [3.05, 3.63) is 0 Å². The molecule has 4 heteroatoms. The molecular formula is C13H28ClNO2. The summed E-state index contributed by atoms with van der Waals surface area (Å²) in [4.78, 5) is 0. The summed E-state index contributed by atoms with van der Waals surface area (Å²) in [5, 5.41) is 3.57. The highest BCUT2D eigenvalue weighted by Crippen LogP contribution is 2.23. The third-order valence-corrected chi connectivity index (χ3v) is 2.58. The lowest BCUT2D eigenvalue weighted by molar-refractivity contribution is 0.0695. The van der Waals surface area contributed by atoms with Gasteiger partial charge in [0.05, 0.1) is 13.2 Å². The van der Waals surface area contributed by atoms with Crippen LogP contribution in [0.25, 0.3) is 0 Å². The molecule has 17 heavy (non-hydrogen) atoms. The van der Waals surface area contributed by atoms with E-state index < -0.39 is 0 Å². The first-order chi connectivity index (χ1) is 7.95. The Morgan fingerprint density at radius 3 is 2.47 bits per heavy atom. The molecular weight excluding hydrogens is 238 g/mol. The number of hydrogen-bond acceptors (Lipinski definition) is 3. The molecule has 0 aliphatic rings. The summed E-state index contributed by atoms with van der Waals surface area (Å²) >= 11 is 6.24. The monoisotopic (exact) mass is 265 g/mol. The summed E-state index contributed by atoms with van der Waals surface area (Å²) in [5.74, 6) is 0. The Balaban J connectivity index is 3.22. The summed E-state index contributed by atoms with van der Waals surface area (Å²) < 4.78 is 10.3. The van der Waals surface area contributed by atoms with Gasteiger partial charge in [-0.15, -0.1) is 11.6 Å². The molecule has 1 N–H and O–H groups in total. The van der Waals surface area contributed by atoms with Crippen LogP contribution >= 0.6 is 11.6 Å². The number of rotatable bonds is 10. The molecule has 0 heterocycles. The average Bonchev–Trinajstić information content (AvgIpc) is 2.19. The highest BCUT2D eigenvalue weighted by molar-refractivity contribution is 6.20. The van der Waals surface area contributed by atoms with Crippen molar-refractivity contribution in [2.24, 2.45) is 5.41 Å². The minimum Gasteiger partial charge on any atom is -0.382 e. The summed E-state index contributed by atoms with van der Waals surface area (Å²) in [6, 6.07) is 0. The van der Waals surface area contributed by atoms with E-state index in [9.17, 15) is 0 Å². The van der Waals surface area contributed by atoms with Crippen molar-refractivity contribution in [1.82, 2.24) is 5.32 Å². The van der Waals surface area contributed by atoms with Gasteiger partial charge in [-0.3, -0.25) is 0 Å². The van der Waals surface area contributed by atoms with Gasteiger partial charge in [0.25, 0.3) is 0 Å². The molecule has 0 rings (SSSR count). The second kappa shape index (κ2) is 10.1. The molecule has 0 aliphatic heterocycles. The van der Waals surface area contributed by atoms with Gasteiger partial charge in [-0.2, -0.15) is 0 Å². The van der Waals surface area contributed by atoms with Gasteiger partial charge in [-0.25, -0.2) is 0 Å². The van der Waals surface area contributed by atoms with Crippen molar-refractivity contribution in [3.8, 4) is 0 Å². The van der Waals surface area contributed by atoms with Crippen molar-refractivity contribution >= 4 is 11.6 Å². The fourth-order valence-electron chi connectivity index (χ4n) is 1.54. The Morgan fingerprint density at radius 2 is 1.88 bits per heavy atom. The minimum atomic E-state index is 0.212. The number of hydrogen-bond donors (Lipinski definition) is 1. The Bertz CT molecular complexity index is 171. The Labute approximate surface area is 111 Å². The van der Waals surface area contributed by atoms with Crippen LogP contribution in [0.15, 0.2) is 0 Å². The molecule has 0 aromatic rings. The lowest BCUT2D eigenvalue weighted by atomic mass is 9.90. The maximum absolute atomic E-state index is 6.24. The first-order valence-corrected chi connectivity index (χ1v) is 6.81. The largest absolute Gasteiger partial charge is 0.382 e. The van der Waals surface area contributed by atoms with Crippen LogP contribution in [0.3, 0.4) is 0 Å². The van der Waals surface area contributed by atoms with Gasteiger partial charge in [0.1, 0.15) is 0 Å². The topological polar surface area (TPSA) is 30.5 Å². The van der Waals surface area contributed by atoms with E-state index in [4.69, 9.17) is 21.1 Å². The van der Waals surface area contributed by atoms with Crippen LogP contribution in [0, 0.1) is 5.41 Å². The van der Waals surface area contributed by atoms with E-state index in [1.165, 1.54) is 0 Å². The molecule has 0 aromatic heterocycles. The van der Waals surface area contributed by atoms with E-state index in [0.717, 1.165) is 32.5 Å². The summed E-state index contributed by atoms with van der Waals surface area (Å²) in [6.45, 7) is 10.6. The molecule has 0 radical (unpaired) electrons. The van der Waals surface area contributed by atoms with E-state index in [0.29, 0.717) is 18.6 Å². The highest BCUT2D eigenvalue weighted by atomic mass is 35.5. The second-order valence-corrected chi connectivity index (χ2v) is 6.14. The van der Waals surface area contributed by atoms with E-state index in [2.05, 4.69) is 26.1 Å². The molecule has 1 atom stereocenters. The lowest BCUT2D eigenvalue weighted by Gasteiger charge is -2.22. The summed E-state index contributed by atoms with van der Waals surface area (Å²) in [6.07, 6.45) is 2.05. The minimum absolute atomic E-state index is 0.212. The zero-order valence-corrected chi connectivity index (χ0v) is 12.5. The molecule has 0 saturated heterocycles. The fourth-order valence-corrected chi connectivity index (χ4v) is 2.11. The lowest BCUT2D eigenvalue weighted by Crippen LogP contribution is -2.28. The molecule has 1 unspecified atom stereocenters. The van der Waals surface area contributed by atoms with Crippen molar-refractivity contribution in [2.75, 3.05) is 40.0 Å². The van der Waals surface area contributed by atoms with Gasteiger partial charge in [0.15, 0.2) is 0 Å². The number of alkyl halides is 1. The van der Waals surface area contributed by atoms with E-state index in [1.54, 1.807) is 7.11 Å². The van der Waals surface area contributed by atoms with Gasteiger partial charge >= 0.3 is 0 Å². The van der Waals surface area contributed by atoms with Crippen LogP contribution in [-0.2, 0) is 9.47 Å². The number of halogens is 1. The average molecular weight is 266 g/mol. The zero-order valence-electron chi connectivity index (χ0n) is 11.7. The van der Waals surface area contributed by atoms with Crippen molar-refractivity contribution in [3.63, 3.8) is 0 Å². The van der Waals surface area contributed by atoms with Crippen LogP contribution in [0.5, 0.6) is 0 Å². The molecule has 104 valence electrons. The quantitative estimate of drug-likeness (QED) is 0.487. The fraction of sp³-hybridized carbons (Fsp3) is 1.00. The van der Waals surface area contributed by atoms with Crippen LogP contribution < -0.4 is 5.32 Å². The van der Waals surface area contributed by atoms with E-state index >= 15 is 0 Å². The van der Waals surface area contributed by atoms with E-state index in [-0.39, 0.29) is 5.38 Å². The van der Waals surface area contributed by atoms with Crippen LogP contribution in [0.4, 0.5) is 0 Å². The van der Waals surface area contributed by atoms with Gasteiger partial charge in [-0.05, 0) is 24.8 Å². The Hall–Kier alpha value is 0.170. The first kappa shape index (κ1) is 17.2. The van der Waals surface area contributed by atoms with Gasteiger partial charge in [0, 0.05) is 25.6 Å². The van der Waals surface area contributed by atoms with Gasteiger partial charge in [-0.1, -0.05) is 20.8 Å². The normalized spacial score (nSPS) is 13.9. The zero-order chi connectivity index (χ0) is 13.1. The Kier molecular flexibility index (Phi) is 10.2. The van der Waals surface area contributed by atoms with E-state index in [1.807, 2.05) is 0 Å². The molecule has 0 spiro atoms. The maximum atomic E-state index is 6.24. The predicted molar refractivity (Wildman–Crippen MR) is 73.9 cm³/mol. The predicted octanol–water partition coefficient (Wildman–Crippen LogP) is 2.67. The van der Waals surface area contributed by atoms with Gasteiger partial charge < -0.3 is 14.8 Å². The highest BCUT2D eigenvalue weighted by Gasteiger charge is 2.16. The molecule has 0 amide bonds. The summed E-state index contributed by atoms with van der Waals surface area (Å²) in [5.41, 5.74) is 0.303. The third-order valence-electron chi connectivity index (χ3n) is 2.27. The molecule has 0 aliphatic carbocycles. The van der Waals surface area contributed by atoms with Crippen molar-refractivity contribution in [1.29, 1.82) is 0 Å². The van der Waals surface area contributed by atoms with Crippen LogP contribution in [-0.4, -0.2) is 45.4 Å². The summed E-state index contributed by atoms with van der Waals surface area (Å²) in [7, 11) is 1.68. The molecule has 0 bridgehead atoms. The third kappa shape index (κ3) is 14.1. The first-order valence-electron chi connectivity index (χ1n) is 6.37. The van der Waals surface area contributed by atoms with Gasteiger partial charge in [0.2, 0.25) is 0 Å². The second-order valence-electron chi connectivity index (χ2n) is 5.52. The number of ether oxygens (including phenoxy) is 2. The molecule has 0 aromatic carbocycles. The smallest absolute Gasteiger partial charge is 0.0700 e. The Morgan fingerprint density at radius 1 is 1.18 bits per heavy atom. The number of methoxy groups -OCH3 is 1.